The summed E-state index contributed by atoms with van der Waals surface area (Å²) in [5, 5.41) is 2.75. The third-order valence-electron chi connectivity index (χ3n) is 5.36. The Balaban J connectivity index is 1.45. The molecule has 0 radical (unpaired) electrons. The van der Waals surface area contributed by atoms with E-state index in [2.05, 4.69) is 10.2 Å². The minimum absolute atomic E-state index is 0.0394. The summed E-state index contributed by atoms with van der Waals surface area (Å²) in [6, 6.07) is 3.73. The van der Waals surface area contributed by atoms with Crippen molar-refractivity contribution in [1.29, 1.82) is 0 Å². The van der Waals surface area contributed by atoms with Gasteiger partial charge in [-0.15, -0.1) is 11.3 Å². The van der Waals surface area contributed by atoms with E-state index in [1.807, 2.05) is 21.9 Å². The van der Waals surface area contributed by atoms with Crippen molar-refractivity contribution in [3.63, 3.8) is 0 Å². The topological polar surface area (TPSA) is 73.0 Å². The van der Waals surface area contributed by atoms with Crippen LogP contribution in [0, 0.1) is 0 Å². The molecule has 1 N–H and O–H groups in total. The van der Waals surface area contributed by atoms with E-state index in [1.165, 1.54) is 31.1 Å². The van der Waals surface area contributed by atoms with Crippen molar-refractivity contribution in [3.05, 3.63) is 21.9 Å². The molecule has 0 saturated carbocycles. The standard InChI is InChI=1S/C20H30N4O3S/c1-16(25)21-14-17-6-7-18(28-17)20(27)24-12-10-22(11-13-24)15-19(26)23-8-4-2-3-5-9-23/h6-7H,2-5,8-15H2,1H3,(H,21,25). The summed E-state index contributed by atoms with van der Waals surface area (Å²) in [5.41, 5.74) is 0. The maximum absolute atomic E-state index is 12.7. The number of amides is 3. The van der Waals surface area contributed by atoms with Crippen molar-refractivity contribution >= 4 is 29.1 Å². The molecule has 0 bridgehead atoms. The van der Waals surface area contributed by atoms with Gasteiger partial charge in [0.1, 0.15) is 0 Å². The smallest absolute Gasteiger partial charge is 0.264 e. The van der Waals surface area contributed by atoms with Crippen LogP contribution in [0.4, 0.5) is 0 Å². The van der Waals surface area contributed by atoms with E-state index in [-0.39, 0.29) is 17.7 Å². The molecule has 0 aliphatic carbocycles. The molecule has 2 saturated heterocycles. The lowest BCUT2D eigenvalue weighted by Crippen LogP contribution is -2.51. The molecule has 0 atom stereocenters. The Kier molecular flexibility index (Phi) is 7.44. The first-order chi connectivity index (χ1) is 13.5. The third kappa shape index (κ3) is 5.78. The number of hydrogen-bond acceptors (Lipinski definition) is 5. The van der Waals surface area contributed by atoms with Crippen molar-refractivity contribution in [2.24, 2.45) is 0 Å². The van der Waals surface area contributed by atoms with Crippen LogP contribution in [0.3, 0.4) is 0 Å². The van der Waals surface area contributed by atoms with Gasteiger partial charge in [-0.25, -0.2) is 0 Å². The van der Waals surface area contributed by atoms with Gasteiger partial charge >= 0.3 is 0 Å². The fourth-order valence-corrected chi connectivity index (χ4v) is 4.59. The first kappa shape index (κ1) is 20.8. The second kappa shape index (κ2) is 10.0. The lowest BCUT2D eigenvalue weighted by molar-refractivity contribution is -0.132. The fraction of sp³-hybridized carbons (Fsp3) is 0.650. The minimum Gasteiger partial charge on any atom is -0.351 e. The van der Waals surface area contributed by atoms with E-state index in [9.17, 15) is 14.4 Å². The minimum atomic E-state index is -0.0767. The van der Waals surface area contributed by atoms with E-state index >= 15 is 0 Å². The van der Waals surface area contributed by atoms with E-state index in [0.717, 1.165) is 43.9 Å². The summed E-state index contributed by atoms with van der Waals surface area (Å²) >= 11 is 1.43. The Morgan fingerprint density at radius 2 is 1.61 bits per heavy atom. The summed E-state index contributed by atoms with van der Waals surface area (Å²) in [5.74, 6) is 0.187. The van der Waals surface area contributed by atoms with Crippen molar-refractivity contribution in [3.8, 4) is 0 Å². The van der Waals surface area contributed by atoms with E-state index in [0.29, 0.717) is 31.1 Å². The maximum Gasteiger partial charge on any atom is 0.264 e. The van der Waals surface area contributed by atoms with Crippen molar-refractivity contribution < 1.29 is 14.4 Å². The van der Waals surface area contributed by atoms with Gasteiger partial charge in [-0.1, -0.05) is 12.8 Å². The average Bonchev–Trinajstić information content (AvgIpc) is 2.99. The number of nitrogens with one attached hydrogen (secondary N) is 1. The van der Waals surface area contributed by atoms with Crippen LogP contribution in [0.5, 0.6) is 0 Å². The zero-order chi connectivity index (χ0) is 19.9. The second-order valence-electron chi connectivity index (χ2n) is 7.54. The fourth-order valence-electron chi connectivity index (χ4n) is 3.68. The zero-order valence-corrected chi connectivity index (χ0v) is 17.4. The molecule has 3 heterocycles. The quantitative estimate of drug-likeness (QED) is 0.805. The molecule has 3 rings (SSSR count). The van der Waals surface area contributed by atoms with Gasteiger partial charge in [0.2, 0.25) is 11.8 Å². The summed E-state index contributed by atoms with van der Waals surface area (Å²) in [6.45, 7) is 6.92. The molecular weight excluding hydrogens is 376 g/mol. The Hall–Kier alpha value is -1.93. The highest BCUT2D eigenvalue weighted by Gasteiger charge is 2.25. The molecule has 1 aromatic heterocycles. The number of hydrogen-bond donors (Lipinski definition) is 1. The van der Waals surface area contributed by atoms with Gasteiger partial charge in [0.15, 0.2) is 0 Å². The van der Waals surface area contributed by atoms with Gasteiger partial charge in [-0.05, 0) is 25.0 Å². The van der Waals surface area contributed by atoms with Gasteiger partial charge in [0, 0.05) is 51.1 Å². The molecular formula is C20H30N4O3S. The van der Waals surface area contributed by atoms with E-state index < -0.39 is 0 Å². The highest BCUT2D eigenvalue weighted by atomic mass is 32.1. The SMILES string of the molecule is CC(=O)NCc1ccc(C(=O)N2CCN(CC(=O)N3CCCCCC3)CC2)s1. The summed E-state index contributed by atoms with van der Waals surface area (Å²) in [4.78, 5) is 44.0. The van der Waals surface area contributed by atoms with Crippen LogP contribution in [0.1, 0.15) is 47.2 Å². The van der Waals surface area contributed by atoms with E-state index in [1.54, 1.807) is 0 Å². The molecule has 1 aromatic rings. The van der Waals surface area contributed by atoms with Crippen molar-refractivity contribution in [2.75, 3.05) is 45.8 Å². The predicted octanol–water partition coefficient (Wildman–Crippen LogP) is 1.54. The average molecular weight is 407 g/mol. The molecule has 3 amide bonds. The molecule has 154 valence electrons. The normalized spacial score (nSPS) is 18.6. The van der Waals surface area contributed by atoms with Gasteiger partial charge in [0.25, 0.3) is 5.91 Å². The predicted molar refractivity (Wildman–Crippen MR) is 109 cm³/mol. The van der Waals surface area contributed by atoms with Gasteiger partial charge in [-0.3, -0.25) is 19.3 Å². The second-order valence-corrected chi connectivity index (χ2v) is 8.71. The van der Waals surface area contributed by atoms with Gasteiger partial charge < -0.3 is 15.1 Å². The zero-order valence-electron chi connectivity index (χ0n) is 16.6. The molecule has 7 nitrogen and oxygen atoms in total. The van der Waals surface area contributed by atoms with Crippen LogP contribution < -0.4 is 5.32 Å². The van der Waals surface area contributed by atoms with Crippen molar-refractivity contribution in [2.45, 2.75) is 39.2 Å². The molecule has 8 heteroatoms. The molecule has 2 aliphatic rings. The highest BCUT2D eigenvalue weighted by Crippen LogP contribution is 2.19. The van der Waals surface area contributed by atoms with Crippen molar-refractivity contribution in [1.82, 2.24) is 20.0 Å². The lowest BCUT2D eigenvalue weighted by Gasteiger charge is -2.35. The number of likely N-dealkylation sites (tertiary alicyclic amines) is 1. The number of piperazine rings is 1. The first-order valence-corrected chi connectivity index (χ1v) is 11.0. The Morgan fingerprint density at radius 3 is 2.25 bits per heavy atom. The maximum atomic E-state index is 12.7. The number of nitrogens with zero attached hydrogens (tertiary/aromatic N) is 3. The molecule has 2 fully saturated rings. The summed E-state index contributed by atoms with van der Waals surface area (Å²) in [7, 11) is 0. The van der Waals surface area contributed by atoms with E-state index in [4.69, 9.17) is 0 Å². The number of thiophene rings is 1. The Bertz CT molecular complexity index is 689. The molecule has 28 heavy (non-hydrogen) atoms. The van der Waals surface area contributed by atoms with Crippen LogP contribution in [0.25, 0.3) is 0 Å². The molecule has 0 unspecified atom stereocenters. The van der Waals surface area contributed by atoms with Crippen LogP contribution in [0.2, 0.25) is 0 Å². The Labute approximate surface area is 170 Å². The monoisotopic (exact) mass is 406 g/mol. The third-order valence-corrected chi connectivity index (χ3v) is 6.43. The van der Waals surface area contributed by atoms with Crippen LogP contribution in [0.15, 0.2) is 12.1 Å². The molecule has 2 aliphatic heterocycles. The summed E-state index contributed by atoms with van der Waals surface area (Å²) in [6.07, 6.45) is 4.66. The number of carbonyl (C=O) groups is 3. The molecule has 0 spiro atoms. The first-order valence-electron chi connectivity index (χ1n) is 10.2. The molecule has 0 aromatic carbocycles. The largest absolute Gasteiger partial charge is 0.351 e. The summed E-state index contributed by atoms with van der Waals surface area (Å²) < 4.78 is 0. The Morgan fingerprint density at radius 1 is 0.929 bits per heavy atom. The van der Waals surface area contributed by atoms with Crippen LogP contribution in [-0.2, 0) is 16.1 Å². The number of carbonyl (C=O) groups excluding carboxylic acids is 3. The highest BCUT2D eigenvalue weighted by molar-refractivity contribution is 7.14. The number of rotatable bonds is 5. The lowest BCUT2D eigenvalue weighted by atomic mass is 10.2. The van der Waals surface area contributed by atoms with Crippen LogP contribution >= 0.6 is 11.3 Å². The van der Waals surface area contributed by atoms with Crippen LogP contribution in [-0.4, -0.2) is 78.2 Å². The van der Waals surface area contributed by atoms with Gasteiger partial charge in [0.05, 0.1) is 18.0 Å². The van der Waals surface area contributed by atoms with Gasteiger partial charge in [-0.2, -0.15) is 0 Å².